The molecule has 0 bridgehead atoms. The molecular weight excluding hydrogens is 526 g/mol. The molecule has 1 fully saturated rings. The average Bonchev–Trinajstić information content (AvgIpc) is 3.32. The van der Waals surface area contributed by atoms with Crippen LogP contribution >= 0.6 is 0 Å². The zero-order valence-corrected chi connectivity index (χ0v) is 25.9. The Bertz CT molecular complexity index is 1150. The summed E-state index contributed by atoms with van der Waals surface area (Å²) in [6.45, 7) is 6.97. The number of aromatic nitrogens is 3. The van der Waals surface area contributed by atoms with Gasteiger partial charge in [-0.15, -0.1) is 0 Å². The first-order valence-electron chi connectivity index (χ1n) is 14.8. The summed E-state index contributed by atoms with van der Waals surface area (Å²) in [5.74, 6) is 1.11. The van der Waals surface area contributed by atoms with Gasteiger partial charge in [-0.05, 0) is 57.3 Å². The normalized spacial score (nSPS) is 15.3. The molecule has 2 amide bonds. The molecular formula is C29H49N7O3S. The van der Waals surface area contributed by atoms with E-state index in [1.165, 1.54) is 6.42 Å². The maximum absolute atomic E-state index is 13.1. The summed E-state index contributed by atoms with van der Waals surface area (Å²) in [7, 11) is 1.88. The van der Waals surface area contributed by atoms with Crippen molar-refractivity contribution in [3.8, 4) is 0 Å². The van der Waals surface area contributed by atoms with Crippen LogP contribution in [0.1, 0.15) is 82.0 Å². The Morgan fingerprint density at radius 1 is 1.10 bits per heavy atom. The molecule has 0 saturated heterocycles. The van der Waals surface area contributed by atoms with Crippen LogP contribution in [0.2, 0.25) is 0 Å². The van der Waals surface area contributed by atoms with Crippen LogP contribution in [0.3, 0.4) is 0 Å². The van der Waals surface area contributed by atoms with Gasteiger partial charge >= 0.3 is 6.03 Å². The van der Waals surface area contributed by atoms with Crippen LogP contribution in [0.15, 0.2) is 30.3 Å². The maximum atomic E-state index is 13.1. The minimum absolute atomic E-state index is 0.0459. The average molecular weight is 576 g/mol. The predicted molar refractivity (Wildman–Crippen MR) is 159 cm³/mol. The predicted octanol–water partition coefficient (Wildman–Crippen LogP) is 3.96. The molecule has 0 spiro atoms. The van der Waals surface area contributed by atoms with Gasteiger partial charge in [0.05, 0.1) is 18.3 Å². The molecule has 0 aliphatic heterocycles. The molecule has 40 heavy (non-hydrogen) atoms. The number of amides is 2. The Hall–Kier alpha value is -2.50. The lowest BCUT2D eigenvalue weighted by atomic mass is 9.95. The number of hydrogen-bond donors (Lipinski definition) is 1. The zero-order valence-electron chi connectivity index (χ0n) is 25.1. The van der Waals surface area contributed by atoms with E-state index in [0.29, 0.717) is 30.9 Å². The second kappa shape index (κ2) is 15.5. The number of nitrogens with zero attached hydrogens (tertiary/aromatic N) is 6. The van der Waals surface area contributed by atoms with Gasteiger partial charge in [0, 0.05) is 27.2 Å². The number of aryl methyl sites for hydroxylation is 2. The highest BCUT2D eigenvalue weighted by molar-refractivity contribution is 7.89. The van der Waals surface area contributed by atoms with Crippen molar-refractivity contribution < 1.29 is 13.2 Å². The molecule has 0 radical (unpaired) electrons. The van der Waals surface area contributed by atoms with E-state index in [0.717, 1.165) is 50.9 Å². The minimum atomic E-state index is -3.54. The van der Waals surface area contributed by atoms with E-state index in [1.54, 1.807) is 23.7 Å². The number of urea groups is 1. The van der Waals surface area contributed by atoms with Crippen LogP contribution in [0.25, 0.3) is 0 Å². The third-order valence-electron chi connectivity index (χ3n) is 7.95. The second-order valence-corrected chi connectivity index (χ2v) is 12.8. The highest BCUT2D eigenvalue weighted by Crippen LogP contribution is 2.23. The van der Waals surface area contributed by atoms with E-state index in [2.05, 4.69) is 28.6 Å². The third kappa shape index (κ3) is 9.55. The van der Waals surface area contributed by atoms with Crippen LogP contribution in [0, 0.1) is 0 Å². The van der Waals surface area contributed by atoms with Gasteiger partial charge in [-0.25, -0.2) is 22.9 Å². The number of hydrogen-bond acceptors (Lipinski definition) is 6. The first-order chi connectivity index (χ1) is 19.1. The molecule has 1 aliphatic carbocycles. The summed E-state index contributed by atoms with van der Waals surface area (Å²) in [6.07, 6.45) is 7.44. The lowest BCUT2D eigenvalue weighted by molar-refractivity contribution is 0.140. The van der Waals surface area contributed by atoms with Crippen molar-refractivity contribution in [2.75, 3.05) is 39.5 Å². The first kappa shape index (κ1) is 32.0. The number of rotatable bonds is 15. The summed E-state index contributed by atoms with van der Waals surface area (Å²) in [5.41, 5.74) is 1.13. The van der Waals surface area contributed by atoms with Crippen LogP contribution in [0.4, 0.5) is 4.79 Å². The van der Waals surface area contributed by atoms with E-state index in [9.17, 15) is 13.2 Å². The van der Waals surface area contributed by atoms with Gasteiger partial charge in [0.1, 0.15) is 5.82 Å². The summed E-state index contributed by atoms with van der Waals surface area (Å²) in [6, 6.07) is 9.72. The monoisotopic (exact) mass is 575 g/mol. The number of carbonyl (C=O) groups is 1. The van der Waals surface area contributed by atoms with E-state index >= 15 is 0 Å². The van der Waals surface area contributed by atoms with Gasteiger partial charge < -0.3 is 14.7 Å². The quantitative estimate of drug-likeness (QED) is 0.345. The Morgan fingerprint density at radius 3 is 2.42 bits per heavy atom. The molecule has 2 aromatic rings. The first-order valence-corrected chi connectivity index (χ1v) is 16.4. The van der Waals surface area contributed by atoms with Crippen molar-refractivity contribution in [1.82, 2.24) is 34.2 Å². The van der Waals surface area contributed by atoms with E-state index in [-0.39, 0.29) is 24.4 Å². The number of carbonyl (C=O) groups excluding carboxylic acids is 1. The lowest BCUT2D eigenvalue weighted by Crippen LogP contribution is -2.45. The summed E-state index contributed by atoms with van der Waals surface area (Å²) >= 11 is 0. The molecule has 1 atom stereocenters. The van der Waals surface area contributed by atoms with Crippen LogP contribution < -0.4 is 4.72 Å². The highest BCUT2D eigenvalue weighted by atomic mass is 32.2. The van der Waals surface area contributed by atoms with Crippen LogP contribution in [-0.4, -0.2) is 89.4 Å². The fraction of sp³-hybridized carbons (Fsp3) is 0.690. The van der Waals surface area contributed by atoms with Crippen LogP contribution in [0.5, 0.6) is 0 Å². The maximum Gasteiger partial charge on any atom is 0.320 e. The topological polar surface area (TPSA) is 104 Å². The molecule has 1 aromatic carbocycles. The molecule has 3 rings (SSSR count). The summed E-state index contributed by atoms with van der Waals surface area (Å²) in [5, 5.41) is 4.57. The number of nitrogens with one attached hydrogen (secondary N) is 1. The standard InChI is InChI=1S/C29H49N7O3S/c1-6-36(7-2)21-14-22-40(38,39)32-26(20-19-24-15-10-8-11-16-24)28-30-27(31-35(28)5)23-33(3)29(37)34(4)25-17-12-9-13-18-25/h8,10-11,15-16,25-26,32H,6-7,9,12-14,17-23H2,1-5H3/t26-/m1/s1. The zero-order chi connectivity index (χ0) is 29.1. The van der Waals surface area contributed by atoms with Crippen molar-refractivity contribution in [3.05, 3.63) is 47.5 Å². The van der Waals surface area contributed by atoms with Gasteiger partial charge in [-0.3, -0.25) is 4.68 Å². The Labute approximate surface area is 241 Å². The second-order valence-electron chi connectivity index (χ2n) is 10.9. The van der Waals surface area contributed by atoms with Crippen molar-refractivity contribution in [3.63, 3.8) is 0 Å². The Balaban J connectivity index is 1.71. The van der Waals surface area contributed by atoms with E-state index < -0.39 is 16.1 Å². The highest BCUT2D eigenvalue weighted by Gasteiger charge is 2.27. The van der Waals surface area contributed by atoms with Gasteiger partial charge in [-0.2, -0.15) is 5.10 Å². The molecule has 1 aliphatic rings. The van der Waals surface area contributed by atoms with Gasteiger partial charge in [0.15, 0.2) is 5.82 Å². The minimum Gasteiger partial charge on any atom is -0.325 e. The third-order valence-corrected chi connectivity index (χ3v) is 9.42. The SMILES string of the molecule is CCN(CC)CCCS(=O)(=O)N[C@H](CCc1ccccc1)c1nc(CN(C)C(=O)N(C)C2CCCCC2)nn1C. The molecule has 10 nitrogen and oxygen atoms in total. The van der Waals surface area contributed by atoms with E-state index in [1.807, 2.05) is 42.3 Å². The fourth-order valence-corrected chi connectivity index (χ4v) is 6.77. The number of sulfonamides is 1. The summed E-state index contributed by atoms with van der Waals surface area (Å²) < 4.78 is 30.9. The summed E-state index contributed by atoms with van der Waals surface area (Å²) in [4.78, 5) is 23.6. The molecule has 1 heterocycles. The fourth-order valence-electron chi connectivity index (χ4n) is 5.49. The van der Waals surface area contributed by atoms with Crippen LogP contribution in [-0.2, 0) is 30.0 Å². The van der Waals surface area contributed by atoms with Gasteiger partial charge in [-0.1, -0.05) is 63.4 Å². The van der Waals surface area contributed by atoms with Gasteiger partial charge in [0.2, 0.25) is 10.0 Å². The molecule has 11 heteroatoms. The lowest BCUT2D eigenvalue weighted by Gasteiger charge is -2.33. The van der Waals surface area contributed by atoms with Crippen molar-refractivity contribution >= 4 is 16.1 Å². The Morgan fingerprint density at radius 2 is 1.77 bits per heavy atom. The van der Waals surface area contributed by atoms with Gasteiger partial charge in [0.25, 0.3) is 0 Å². The van der Waals surface area contributed by atoms with Crippen molar-refractivity contribution in [2.45, 2.75) is 83.8 Å². The molecule has 1 saturated carbocycles. The Kier molecular flexibility index (Phi) is 12.4. The molecule has 0 unspecified atom stereocenters. The molecule has 1 N–H and O–H groups in total. The largest absolute Gasteiger partial charge is 0.325 e. The molecule has 1 aromatic heterocycles. The molecule has 224 valence electrons. The van der Waals surface area contributed by atoms with Crippen molar-refractivity contribution in [1.29, 1.82) is 0 Å². The van der Waals surface area contributed by atoms with E-state index in [4.69, 9.17) is 4.98 Å². The van der Waals surface area contributed by atoms with Crippen molar-refractivity contribution in [2.24, 2.45) is 7.05 Å². The smallest absolute Gasteiger partial charge is 0.320 e. The number of benzene rings is 1.